The van der Waals surface area contributed by atoms with Crippen molar-refractivity contribution in [2.75, 3.05) is 13.6 Å². The van der Waals surface area contributed by atoms with Gasteiger partial charge in [-0.1, -0.05) is 61.9 Å². The lowest BCUT2D eigenvalue weighted by molar-refractivity contribution is -0.141. The van der Waals surface area contributed by atoms with Crippen LogP contribution in [-0.2, 0) is 26.2 Å². The summed E-state index contributed by atoms with van der Waals surface area (Å²) in [5.41, 5.74) is 2.07. The molecule has 2 aromatic carbocycles. The lowest BCUT2D eigenvalue weighted by atomic mass is 10.1. The molecular formula is C27H39N3O4S. The van der Waals surface area contributed by atoms with Gasteiger partial charge in [0.15, 0.2) is 0 Å². The minimum absolute atomic E-state index is 0.0183. The lowest BCUT2D eigenvalue weighted by Gasteiger charge is -2.31. The number of hydrogen-bond acceptors (Lipinski definition) is 4. The molecule has 0 spiro atoms. The third-order valence-electron chi connectivity index (χ3n) is 6.18. The highest BCUT2D eigenvalue weighted by Crippen LogP contribution is 2.17. The van der Waals surface area contributed by atoms with Crippen LogP contribution in [0.1, 0.15) is 57.6 Å². The topological polar surface area (TPSA) is 86.8 Å². The molecule has 0 heterocycles. The highest BCUT2D eigenvalue weighted by molar-refractivity contribution is 7.89. The highest BCUT2D eigenvalue weighted by Gasteiger charge is 2.29. The Balaban J connectivity index is 2.13. The minimum Gasteiger partial charge on any atom is -0.352 e. The van der Waals surface area contributed by atoms with Crippen LogP contribution in [0.15, 0.2) is 59.5 Å². The van der Waals surface area contributed by atoms with Crippen LogP contribution < -0.4 is 5.32 Å². The van der Waals surface area contributed by atoms with Gasteiger partial charge in [0.2, 0.25) is 21.8 Å². The van der Waals surface area contributed by atoms with E-state index in [1.807, 2.05) is 52.0 Å². The summed E-state index contributed by atoms with van der Waals surface area (Å²) in [7, 11) is -2.10. The standard InChI is InChI=1S/C27H39N3O4S/c1-6-22(4)28-27(32)25(7-2)30(20-23-17-15-21(3)16-18-23)26(31)14-11-19-29(5)35(33,34)24-12-9-8-10-13-24/h8-10,12-13,15-18,22,25H,6-7,11,14,19-20H2,1-5H3,(H,28,32). The van der Waals surface area contributed by atoms with Crippen LogP contribution in [0.25, 0.3) is 0 Å². The number of hydrogen-bond donors (Lipinski definition) is 1. The summed E-state index contributed by atoms with van der Waals surface area (Å²) in [6.07, 6.45) is 1.79. The van der Waals surface area contributed by atoms with Crippen molar-refractivity contribution in [3.63, 3.8) is 0 Å². The first-order chi connectivity index (χ1) is 16.6. The van der Waals surface area contributed by atoms with Crippen LogP contribution in [0.4, 0.5) is 0 Å². The Morgan fingerprint density at radius 1 is 0.971 bits per heavy atom. The summed E-state index contributed by atoms with van der Waals surface area (Å²) in [5, 5.41) is 3.00. The van der Waals surface area contributed by atoms with Gasteiger partial charge in [-0.2, -0.15) is 0 Å². The van der Waals surface area contributed by atoms with Crippen molar-refractivity contribution in [3.05, 3.63) is 65.7 Å². The summed E-state index contributed by atoms with van der Waals surface area (Å²) in [5.74, 6) is -0.326. The zero-order valence-electron chi connectivity index (χ0n) is 21.5. The smallest absolute Gasteiger partial charge is 0.243 e. The Labute approximate surface area is 210 Å². The number of nitrogens with zero attached hydrogens (tertiary/aromatic N) is 2. The highest BCUT2D eigenvalue weighted by atomic mass is 32.2. The fourth-order valence-electron chi connectivity index (χ4n) is 3.74. The second kappa shape index (κ2) is 13.4. The first kappa shape index (κ1) is 28.5. The molecule has 7 nitrogen and oxygen atoms in total. The summed E-state index contributed by atoms with van der Waals surface area (Å²) in [6, 6.07) is 15.6. The number of carbonyl (C=O) groups excluding carboxylic acids is 2. The third-order valence-corrected chi connectivity index (χ3v) is 8.05. The number of aryl methyl sites for hydroxylation is 1. The summed E-state index contributed by atoms with van der Waals surface area (Å²) < 4.78 is 26.8. The Hall–Kier alpha value is -2.71. The number of benzene rings is 2. The van der Waals surface area contributed by atoms with E-state index in [9.17, 15) is 18.0 Å². The average Bonchev–Trinajstić information content (AvgIpc) is 2.85. The number of nitrogens with one attached hydrogen (secondary N) is 1. The normalized spacial score (nSPS) is 13.3. The molecule has 0 aliphatic rings. The van der Waals surface area contributed by atoms with E-state index in [0.717, 1.165) is 17.5 Å². The predicted molar refractivity (Wildman–Crippen MR) is 139 cm³/mol. The van der Waals surface area contributed by atoms with Crippen LogP contribution >= 0.6 is 0 Å². The van der Waals surface area contributed by atoms with Gasteiger partial charge in [0, 0.05) is 32.6 Å². The van der Waals surface area contributed by atoms with Gasteiger partial charge in [-0.05, 0) is 50.8 Å². The zero-order chi connectivity index (χ0) is 26.0. The average molecular weight is 502 g/mol. The number of sulfonamides is 1. The molecule has 8 heteroatoms. The van der Waals surface area contributed by atoms with Crippen molar-refractivity contribution in [1.82, 2.24) is 14.5 Å². The number of carbonyl (C=O) groups is 2. The molecule has 0 aliphatic heterocycles. The third kappa shape index (κ3) is 8.18. The monoisotopic (exact) mass is 501 g/mol. The molecule has 2 unspecified atom stereocenters. The summed E-state index contributed by atoms with van der Waals surface area (Å²) >= 11 is 0. The SMILES string of the molecule is CCC(C)NC(=O)C(CC)N(Cc1ccc(C)cc1)C(=O)CCCN(C)S(=O)(=O)c1ccccc1. The maximum atomic E-state index is 13.4. The molecule has 0 aliphatic carbocycles. The van der Waals surface area contributed by atoms with E-state index in [1.54, 1.807) is 35.2 Å². The first-order valence-electron chi connectivity index (χ1n) is 12.3. The van der Waals surface area contributed by atoms with Crippen molar-refractivity contribution in [3.8, 4) is 0 Å². The van der Waals surface area contributed by atoms with E-state index < -0.39 is 16.1 Å². The Morgan fingerprint density at radius 2 is 1.60 bits per heavy atom. The second-order valence-electron chi connectivity index (χ2n) is 8.99. The van der Waals surface area contributed by atoms with E-state index in [4.69, 9.17) is 0 Å². The molecule has 0 aromatic heterocycles. The van der Waals surface area contributed by atoms with Gasteiger partial charge in [-0.25, -0.2) is 12.7 Å². The molecule has 0 fully saturated rings. The molecule has 0 saturated carbocycles. The number of amides is 2. The van der Waals surface area contributed by atoms with E-state index in [1.165, 1.54) is 11.4 Å². The lowest BCUT2D eigenvalue weighted by Crippen LogP contribution is -2.50. The quantitative estimate of drug-likeness (QED) is 0.447. The van der Waals surface area contributed by atoms with Gasteiger partial charge in [0.1, 0.15) is 6.04 Å². The Morgan fingerprint density at radius 3 is 2.17 bits per heavy atom. The molecule has 0 saturated heterocycles. The van der Waals surface area contributed by atoms with Crippen LogP contribution in [-0.4, -0.2) is 55.1 Å². The molecule has 0 bridgehead atoms. The number of rotatable bonds is 13. The van der Waals surface area contributed by atoms with Gasteiger partial charge in [-0.3, -0.25) is 9.59 Å². The fraction of sp³-hybridized carbons (Fsp3) is 0.481. The van der Waals surface area contributed by atoms with Crippen molar-refractivity contribution in [1.29, 1.82) is 0 Å². The van der Waals surface area contributed by atoms with Crippen LogP contribution in [0.3, 0.4) is 0 Å². The zero-order valence-corrected chi connectivity index (χ0v) is 22.3. The molecule has 192 valence electrons. The molecule has 35 heavy (non-hydrogen) atoms. The van der Waals surface area contributed by atoms with Crippen LogP contribution in [0, 0.1) is 6.92 Å². The van der Waals surface area contributed by atoms with Crippen LogP contribution in [0.2, 0.25) is 0 Å². The molecule has 2 amide bonds. The van der Waals surface area contributed by atoms with Gasteiger partial charge in [0.05, 0.1) is 4.90 Å². The summed E-state index contributed by atoms with van der Waals surface area (Å²) in [4.78, 5) is 28.2. The fourth-order valence-corrected chi connectivity index (χ4v) is 4.97. The maximum absolute atomic E-state index is 13.4. The van der Waals surface area contributed by atoms with Crippen LogP contribution in [0.5, 0.6) is 0 Å². The van der Waals surface area contributed by atoms with E-state index in [2.05, 4.69) is 5.32 Å². The molecule has 2 aromatic rings. The molecule has 2 rings (SSSR count). The van der Waals surface area contributed by atoms with Gasteiger partial charge >= 0.3 is 0 Å². The Kier molecular flexibility index (Phi) is 10.9. The van der Waals surface area contributed by atoms with Crippen molar-refractivity contribution in [2.24, 2.45) is 0 Å². The van der Waals surface area contributed by atoms with Gasteiger partial charge < -0.3 is 10.2 Å². The van der Waals surface area contributed by atoms with Crippen molar-refractivity contribution < 1.29 is 18.0 Å². The van der Waals surface area contributed by atoms with E-state index >= 15 is 0 Å². The van der Waals surface area contributed by atoms with E-state index in [0.29, 0.717) is 19.4 Å². The molecular weight excluding hydrogens is 462 g/mol. The predicted octanol–water partition coefficient (Wildman–Crippen LogP) is 4.12. The Bertz CT molecular complexity index is 1060. The first-order valence-corrected chi connectivity index (χ1v) is 13.7. The molecule has 2 atom stereocenters. The minimum atomic E-state index is -3.62. The second-order valence-corrected chi connectivity index (χ2v) is 11.0. The molecule has 1 N–H and O–H groups in total. The van der Waals surface area contributed by atoms with E-state index in [-0.39, 0.29) is 35.7 Å². The summed E-state index contributed by atoms with van der Waals surface area (Å²) in [6.45, 7) is 8.37. The van der Waals surface area contributed by atoms with Crippen molar-refractivity contribution in [2.45, 2.75) is 76.9 Å². The van der Waals surface area contributed by atoms with Crippen molar-refractivity contribution >= 4 is 21.8 Å². The van der Waals surface area contributed by atoms with Gasteiger partial charge in [-0.15, -0.1) is 0 Å². The molecule has 0 radical (unpaired) electrons. The maximum Gasteiger partial charge on any atom is 0.243 e. The van der Waals surface area contributed by atoms with Gasteiger partial charge in [0.25, 0.3) is 0 Å². The largest absolute Gasteiger partial charge is 0.352 e.